The van der Waals surface area contributed by atoms with Crippen LogP contribution in [-0.4, -0.2) is 22.4 Å². The third-order valence-corrected chi connectivity index (χ3v) is 2.58. The Balaban J connectivity index is 2.40. The van der Waals surface area contributed by atoms with E-state index in [-0.39, 0.29) is 17.7 Å². The van der Waals surface area contributed by atoms with Crippen LogP contribution in [0.15, 0.2) is 22.7 Å². The molecule has 0 amide bonds. The quantitative estimate of drug-likeness (QED) is 0.912. The summed E-state index contributed by atoms with van der Waals surface area (Å²) >= 11 is 5.84. The highest BCUT2D eigenvalue weighted by molar-refractivity contribution is 6.30. The molecular formula is C11H11ClN2O3. The number of ether oxygens (including phenoxy) is 1. The number of benzene rings is 1. The lowest BCUT2D eigenvalue weighted by atomic mass is 10.2. The first kappa shape index (κ1) is 11.9. The fourth-order valence-corrected chi connectivity index (χ4v) is 1.47. The summed E-state index contributed by atoms with van der Waals surface area (Å²) in [5.74, 6) is 0.667. The topological polar surface area (TPSA) is 68.4 Å². The first-order valence-corrected chi connectivity index (χ1v) is 5.35. The van der Waals surface area contributed by atoms with Gasteiger partial charge in [-0.05, 0) is 25.1 Å². The highest BCUT2D eigenvalue weighted by Crippen LogP contribution is 2.31. The molecule has 5 nitrogen and oxygen atoms in total. The summed E-state index contributed by atoms with van der Waals surface area (Å²) in [5, 5.41) is 13.9. The average molecular weight is 255 g/mol. The van der Waals surface area contributed by atoms with Gasteiger partial charge in [-0.25, -0.2) is 0 Å². The second kappa shape index (κ2) is 4.73. The number of aromatic hydroxyl groups is 1. The normalized spacial score (nSPS) is 12.6. The van der Waals surface area contributed by atoms with Crippen molar-refractivity contribution in [2.45, 2.75) is 13.0 Å². The van der Waals surface area contributed by atoms with Crippen LogP contribution in [0.2, 0.25) is 5.02 Å². The van der Waals surface area contributed by atoms with Crippen molar-refractivity contribution in [2.24, 2.45) is 0 Å². The van der Waals surface area contributed by atoms with E-state index in [1.807, 2.05) is 0 Å². The third-order valence-electron chi connectivity index (χ3n) is 2.35. The van der Waals surface area contributed by atoms with Crippen LogP contribution in [0.3, 0.4) is 0 Å². The van der Waals surface area contributed by atoms with Crippen molar-refractivity contribution in [1.82, 2.24) is 10.1 Å². The summed E-state index contributed by atoms with van der Waals surface area (Å²) in [6.07, 6.45) is -0.270. The summed E-state index contributed by atoms with van der Waals surface area (Å²) in [4.78, 5) is 4.13. The van der Waals surface area contributed by atoms with Crippen molar-refractivity contribution in [2.75, 3.05) is 7.11 Å². The van der Waals surface area contributed by atoms with Crippen molar-refractivity contribution < 1.29 is 14.4 Å². The highest BCUT2D eigenvalue weighted by Gasteiger charge is 2.16. The number of methoxy groups -OCH3 is 1. The van der Waals surface area contributed by atoms with E-state index in [9.17, 15) is 5.11 Å². The number of aromatic nitrogens is 2. The first-order chi connectivity index (χ1) is 8.11. The van der Waals surface area contributed by atoms with Gasteiger partial charge < -0.3 is 14.4 Å². The zero-order chi connectivity index (χ0) is 12.4. The number of phenolic OH excluding ortho intramolecular Hbond substituents is 1. The summed E-state index contributed by atoms with van der Waals surface area (Å²) in [6.45, 7) is 1.80. The molecule has 1 aromatic carbocycles. The summed E-state index contributed by atoms with van der Waals surface area (Å²) in [5.41, 5.74) is 0.402. The molecule has 0 spiro atoms. The minimum Gasteiger partial charge on any atom is -0.507 e. The first-order valence-electron chi connectivity index (χ1n) is 4.97. The summed E-state index contributed by atoms with van der Waals surface area (Å²) in [6, 6.07) is 4.61. The van der Waals surface area contributed by atoms with Crippen LogP contribution in [0.5, 0.6) is 5.75 Å². The number of hydrogen-bond donors (Lipinski definition) is 1. The van der Waals surface area contributed by atoms with Gasteiger partial charge >= 0.3 is 0 Å². The molecule has 0 saturated heterocycles. The van der Waals surface area contributed by atoms with Crippen LogP contribution < -0.4 is 0 Å². The lowest BCUT2D eigenvalue weighted by Gasteiger charge is -2.01. The fraction of sp³-hybridized carbons (Fsp3) is 0.273. The molecule has 90 valence electrons. The number of hydrogen-bond acceptors (Lipinski definition) is 5. The molecule has 0 saturated carbocycles. The molecule has 1 heterocycles. The predicted octanol–water partition coefficient (Wildman–Crippen LogP) is 2.80. The molecule has 1 atom stereocenters. The van der Waals surface area contributed by atoms with Crippen LogP contribution in [0.4, 0.5) is 0 Å². The zero-order valence-corrected chi connectivity index (χ0v) is 10.1. The molecule has 1 unspecified atom stereocenters. The van der Waals surface area contributed by atoms with E-state index in [4.69, 9.17) is 20.9 Å². The molecule has 0 fully saturated rings. The molecule has 0 radical (unpaired) electrons. The molecule has 0 bridgehead atoms. The Labute approximate surface area is 103 Å². The Hall–Kier alpha value is -1.59. The van der Waals surface area contributed by atoms with E-state index in [2.05, 4.69) is 10.1 Å². The molecular weight excluding hydrogens is 244 g/mol. The average Bonchev–Trinajstić information content (AvgIpc) is 2.80. The smallest absolute Gasteiger partial charge is 0.261 e. The molecule has 6 heteroatoms. The van der Waals surface area contributed by atoms with Crippen molar-refractivity contribution in [3.05, 3.63) is 29.0 Å². The SMILES string of the molecule is COC(C)c1noc(-c2cc(Cl)ccc2O)n1. The molecule has 0 aliphatic carbocycles. The minimum absolute atomic E-state index is 0.0367. The maximum Gasteiger partial charge on any atom is 0.261 e. The third kappa shape index (κ3) is 2.40. The van der Waals surface area contributed by atoms with Crippen LogP contribution in [0, 0.1) is 0 Å². The monoisotopic (exact) mass is 254 g/mol. The van der Waals surface area contributed by atoms with Gasteiger partial charge in [0, 0.05) is 12.1 Å². The van der Waals surface area contributed by atoms with Crippen LogP contribution in [-0.2, 0) is 4.74 Å². The Bertz CT molecular complexity index is 527. The number of phenols is 1. The largest absolute Gasteiger partial charge is 0.507 e. The van der Waals surface area contributed by atoms with Gasteiger partial charge in [-0.2, -0.15) is 4.98 Å². The molecule has 2 rings (SSSR count). The van der Waals surface area contributed by atoms with Gasteiger partial charge in [0.25, 0.3) is 5.89 Å². The van der Waals surface area contributed by atoms with Gasteiger partial charge in [0.05, 0.1) is 5.56 Å². The molecule has 17 heavy (non-hydrogen) atoms. The second-order valence-electron chi connectivity index (χ2n) is 3.50. The van der Waals surface area contributed by atoms with Crippen LogP contribution in [0.25, 0.3) is 11.5 Å². The Morgan fingerprint density at radius 3 is 2.94 bits per heavy atom. The molecule has 1 N–H and O–H groups in total. The van der Waals surface area contributed by atoms with E-state index in [0.29, 0.717) is 16.4 Å². The van der Waals surface area contributed by atoms with E-state index < -0.39 is 0 Å². The number of nitrogens with zero attached hydrogens (tertiary/aromatic N) is 2. The Morgan fingerprint density at radius 1 is 1.47 bits per heavy atom. The van der Waals surface area contributed by atoms with Crippen molar-refractivity contribution >= 4 is 11.6 Å². The van der Waals surface area contributed by atoms with Crippen molar-refractivity contribution in [3.63, 3.8) is 0 Å². The Kier molecular flexibility index (Phi) is 3.31. The van der Waals surface area contributed by atoms with Gasteiger partial charge in [-0.3, -0.25) is 0 Å². The highest BCUT2D eigenvalue weighted by atomic mass is 35.5. The van der Waals surface area contributed by atoms with E-state index in [0.717, 1.165) is 0 Å². The fourth-order valence-electron chi connectivity index (χ4n) is 1.29. The lowest BCUT2D eigenvalue weighted by molar-refractivity contribution is 0.109. The van der Waals surface area contributed by atoms with Crippen molar-refractivity contribution in [1.29, 1.82) is 0 Å². The van der Waals surface area contributed by atoms with Gasteiger partial charge in [0.2, 0.25) is 5.82 Å². The zero-order valence-electron chi connectivity index (χ0n) is 9.35. The molecule has 2 aromatic rings. The number of rotatable bonds is 3. The standard InChI is InChI=1S/C11H11ClN2O3/c1-6(16-2)10-13-11(17-14-10)8-5-7(12)3-4-9(8)15/h3-6,15H,1-2H3. The van der Waals surface area contributed by atoms with Crippen LogP contribution >= 0.6 is 11.6 Å². The van der Waals surface area contributed by atoms with Gasteiger partial charge in [-0.1, -0.05) is 16.8 Å². The van der Waals surface area contributed by atoms with Gasteiger partial charge in [0.15, 0.2) is 0 Å². The molecule has 1 aromatic heterocycles. The van der Waals surface area contributed by atoms with Crippen LogP contribution in [0.1, 0.15) is 18.9 Å². The maximum absolute atomic E-state index is 9.68. The Morgan fingerprint density at radius 2 is 2.24 bits per heavy atom. The van der Waals surface area contributed by atoms with E-state index in [1.54, 1.807) is 26.2 Å². The maximum atomic E-state index is 9.68. The molecule has 0 aliphatic rings. The van der Waals surface area contributed by atoms with Crippen molar-refractivity contribution in [3.8, 4) is 17.2 Å². The number of halogens is 1. The lowest BCUT2D eigenvalue weighted by Crippen LogP contribution is -1.97. The minimum atomic E-state index is -0.270. The molecule has 0 aliphatic heterocycles. The second-order valence-corrected chi connectivity index (χ2v) is 3.93. The van der Waals surface area contributed by atoms with E-state index >= 15 is 0 Å². The van der Waals surface area contributed by atoms with Gasteiger partial charge in [0.1, 0.15) is 11.9 Å². The van der Waals surface area contributed by atoms with E-state index in [1.165, 1.54) is 6.07 Å². The predicted molar refractivity (Wildman–Crippen MR) is 61.8 cm³/mol. The summed E-state index contributed by atoms with van der Waals surface area (Å²) in [7, 11) is 1.55. The van der Waals surface area contributed by atoms with Gasteiger partial charge in [-0.15, -0.1) is 0 Å². The summed E-state index contributed by atoms with van der Waals surface area (Å²) < 4.78 is 10.1.